The predicted molar refractivity (Wildman–Crippen MR) is 111 cm³/mol. The zero-order chi connectivity index (χ0) is 20.5. The van der Waals surface area contributed by atoms with Gasteiger partial charge in [0.25, 0.3) is 5.91 Å². The van der Waals surface area contributed by atoms with Gasteiger partial charge in [0.15, 0.2) is 6.61 Å². The van der Waals surface area contributed by atoms with Gasteiger partial charge in [-0.1, -0.05) is 36.0 Å². The predicted octanol–water partition coefficient (Wildman–Crippen LogP) is 4.43. The standard InChI is InChI=1S/C22H20N2O4S/c1-2-27-20(25)15-28-17-9-6-8-16(14-17)24-21(26)19-12-7-13-23-22(19)29-18-10-4-3-5-11-18/h3-14H,2,15H2,1H3,(H,24,26). The van der Waals surface area contributed by atoms with Gasteiger partial charge >= 0.3 is 5.97 Å². The number of hydrogen-bond acceptors (Lipinski definition) is 6. The van der Waals surface area contributed by atoms with Crippen molar-refractivity contribution in [2.75, 3.05) is 18.5 Å². The number of amides is 1. The molecule has 0 fully saturated rings. The molecule has 0 bridgehead atoms. The van der Waals surface area contributed by atoms with E-state index in [9.17, 15) is 9.59 Å². The number of carbonyl (C=O) groups excluding carboxylic acids is 2. The van der Waals surface area contributed by atoms with E-state index in [0.717, 1.165) is 4.90 Å². The quantitative estimate of drug-likeness (QED) is 0.556. The normalized spacial score (nSPS) is 10.2. The Morgan fingerprint density at radius 2 is 1.86 bits per heavy atom. The van der Waals surface area contributed by atoms with Crippen LogP contribution in [-0.4, -0.2) is 30.1 Å². The molecule has 0 unspecified atom stereocenters. The second-order valence-electron chi connectivity index (χ2n) is 5.85. The zero-order valence-electron chi connectivity index (χ0n) is 15.8. The minimum absolute atomic E-state index is 0.189. The number of rotatable bonds is 8. The number of hydrogen-bond donors (Lipinski definition) is 1. The Labute approximate surface area is 173 Å². The van der Waals surface area contributed by atoms with Crippen molar-refractivity contribution in [3.8, 4) is 5.75 Å². The summed E-state index contributed by atoms with van der Waals surface area (Å²) in [5.74, 6) is -0.264. The number of aromatic nitrogens is 1. The number of pyridine rings is 1. The summed E-state index contributed by atoms with van der Waals surface area (Å²) in [4.78, 5) is 29.6. The first-order valence-corrected chi connectivity index (χ1v) is 9.85. The van der Waals surface area contributed by atoms with Gasteiger partial charge in [-0.3, -0.25) is 4.79 Å². The Kier molecular flexibility index (Phi) is 7.24. The molecule has 3 aromatic rings. The van der Waals surface area contributed by atoms with Crippen LogP contribution >= 0.6 is 11.8 Å². The van der Waals surface area contributed by atoms with Crippen molar-refractivity contribution in [2.45, 2.75) is 16.8 Å². The molecule has 0 aliphatic heterocycles. The Hall–Kier alpha value is -3.32. The fourth-order valence-corrected chi connectivity index (χ4v) is 3.35. The molecule has 0 saturated carbocycles. The van der Waals surface area contributed by atoms with Crippen LogP contribution in [0.15, 0.2) is 82.8 Å². The van der Waals surface area contributed by atoms with Gasteiger partial charge in [-0.2, -0.15) is 0 Å². The monoisotopic (exact) mass is 408 g/mol. The largest absolute Gasteiger partial charge is 0.482 e. The van der Waals surface area contributed by atoms with Crippen LogP contribution in [0.5, 0.6) is 5.75 Å². The highest BCUT2D eigenvalue weighted by Gasteiger charge is 2.14. The molecule has 0 spiro atoms. The molecule has 0 radical (unpaired) electrons. The van der Waals surface area contributed by atoms with Crippen LogP contribution in [0.1, 0.15) is 17.3 Å². The minimum Gasteiger partial charge on any atom is -0.482 e. The topological polar surface area (TPSA) is 77.5 Å². The second-order valence-corrected chi connectivity index (χ2v) is 6.91. The third kappa shape index (κ3) is 6.08. The van der Waals surface area contributed by atoms with Gasteiger partial charge in [-0.15, -0.1) is 0 Å². The number of nitrogens with one attached hydrogen (secondary N) is 1. The number of benzene rings is 2. The van der Waals surface area contributed by atoms with Crippen molar-refractivity contribution in [2.24, 2.45) is 0 Å². The third-order valence-corrected chi connectivity index (χ3v) is 4.75. The van der Waals surface area contributed by atoms with Gasteiger partial charge in [0, 0.05) is 22.8 Å². The maximum absolute atomic E-state index is 12.8. The van der Waals surface area contributed by atoms with Crippen LogP contribution < -0.4 is 10.1 Å². The lowest BCUT2D eigenvalue weighted by Crippen LogP contribution is -2.15. The SMILES string of the molecule is CCOC(=O)COc1cccc(NC(=O)c2cccnc2Sc2ccccc2)c1. The van der Waals surface area contributed by atoms with Crippen LogP contribution in [0.2, 0.25) is 0 Å². The highest BCUT2D eigenvalue weighted by molar-refractivity contribution is 7.99. The Bertz CT molecular complexity index is 979. The van der Waals surface area contributed by atoms with Crippen molar-refractivity contribution in [1.29, 1.82) is 0 Å². The molecule has 0 atom stereocenters. The zero-order valence-corrected chi connectivity index (χ0v) is 16.6. The van der Waals surface area contributed by atoms with E-state index in [2.05, 4.69) is 10.3 Å². The average molecular weight is 408 g/mol. The fourth-order valence-electron chi connectivity index (χ4n) is 2.45. The van der Waals surface area contributed by atoms with Crippen LogP contribution in [0.3, 0.4) is 0 Å². The first kappa shape index (κ1) is 20.4. The van der Waals surface area contributed by atoms with Gasteiger partial charge < -0.3 is 14.8 Å². The Balaban J connectivity index is 1.69. The van der Waals surface area contributed by atoms with E-state index in [4.69, 9.17) is 9.47 Å². The lowest BCUT2D eigenvalue weighted by atomic mass is 10.2. The summed E-state index contributed by atoms with van der Waals surface area (Å²) in [6.07, 6.45) is 1.66. The molecule has 0 aliphatic carbocycles. The maximum Gasteiger partial charge on any atom is 0.344 e. The molecule has 29 heavy (non-hydrogen) atoms. The summed E-state index contributed by atoms with van der Waals surface area (Å²) >= 11 is 1.42. The van der Waals surface area contributed by atoms with Crippen LogP contribution in [-0.2, 0) is 9.53 Å². The number of carbonyl (C=O) groups is 2. The van der Waals surface area contributed by atoms with Crippen molar-refractivity contribution in [1.82, 2.24) is 4.98 Å². The minimum atomic E-state index is -0.445. The molecule has 2 aromatic carbocycles. The second kappa shape index (κ2) is 10.3. The first-order valence-electron chi connectivity index (χ1n) is 9.03. The molecule has 1 heterocycles. The van der Waals surface area contributed by atoms with Crippen LogP contribution in [0, 0.1) is 0 Å². The number of nitrogens with zero attached hydrogens (tertiary/aromatic N) is 1. The summed E-state index contributed by atoms with van der Waals surface area (Å²) in [6.45, 7) is 1.84. The van der Waals surface area contributed by atoms with E-state index in [-0.39, 0.29) is 12.5 Å². The van der Waals surface area contributed by atoms with Gasteiger partial charge in [-0.25, -0.2) is 9.78 Å². The smallest absolute Gasteiger partial charge is 0.344 e. The lowest BCUT2D eigenvalue weighted by Gasteiger charge is -2.11. The van der Waals surface area contributed by atoms with Crippen molar-refractivity contribution in [3.63, 3.8) is 0 Å². The molecule has 148 valence electrons. The summed E-state index contributed by atoms with van der Waals surface area (Å²) in [6, 6.07) is 20.0. The maximum atomic E-state index is 12.8. The van der Waals surface area contributed by atoms with Crippen LogP contribution in [0.4, 0.5) is 5.69 Å². The molecular formula is C22H20N2O4S. The highest BCUT2D eigenvalue weighted by atomic mass is 32.2. The molecule has 1 aromatic heterocycles. The van der Waals surface area contributed by atoms with E-state index in [1.54, 1.807) is 49.5 Å². The Morgan fingerprint density at radius 3 is 2.66 bits per heavy atom. The number of esters is 1. The summed E-state index contributed by atoms with van der Waals surface area (Å²) < 4.78 is 10.2. The van der Waals surface area contributed by atoms with E-state index in [1.165, 1.54) is 11.8 Å². The molecule has 6 nitrogen and oxygen atoms in total. The average Bonchev–Trinajstić information content (AvgIpc) is 2.74. The summed E-state index contributed by atoms with van der Waals surface area (Å²) in [5, 5.41) is 3.47. The first-order chi connectivity index (χ1) is 14.2. The molecule has 1 N–H and O–H groups in total. The third-order valence-electron chi connectivity index (χ3n) is 3.73. The molecule has 7 heteroatoms. The molecule has 3 rings (SSSR count). The number of ether oxygens (including phenoxy) is 2. The van der Waals surface area contributed by atoms with Crippen molar-refractivity contribution in [3.05, 3.63) is 78.5 Å². The highest BCUT2D eigenvalue weighted by Crippen LogP contribution is 2.29. The van der Waals surface area contributed by atoms with Gasteiger partial charge in [0.05, 0.1) is 12.2 Å². The van der Waals surface area contributed by atoms with E-state index in [1.807, 2.05) is 30.3 Å². The molecular weight excluding hydrogens is 388 g/mol. The molecule has 0 saturated heterocycles. The van der Waals surface area contributed by atoms with Crippen molar-refractivity contribution >= 4 is 29.3 Å². The van der Waals surface area contributed by atoms with Crippen LogP contribution in [0.25, 0.3) is 0 Å². The fraction of sp³-hybridized carbons (Fsp3) is 0.136. The van der Waals surface area contributed by atoms with Gasteiger partial charge in [0.1, 0.15) is 10.8 Å². The van der Waals surface area contributed by atoms with E-state index in [0.29, 0.717) is 28.6 Å². The van der Waals surface area contributed by atoms with E-state index < -0.39 is 5.97 Å². The van der Waals surface area contributed by atoms with Gasteiger partial charge in [-0.05, 0) is 43.3 Å². The summed E-state index contributed by atoms with van der Waals surface area (Å²) in [5.41, 5.74) is 1.02. The number of anilines is 1. The summed E-state index contributed by atoms with van der Waals surface area (Å²) in [7, 11) is 0. The molecule has 1 amide bonds. The van der Waals surface area contributed by atoms with Gasteiger partial charge in [0.2, 0.25) is 0 Å². The lowest BCUT2D eigenvalue weighted by molar-refractivity contribution is -0.145. The van der Waals surface area contributed by atoms with E-state index >= 15 is 0 Å². The molecule has 0 aliphatic rings. The van der Waals surface area contributed by atoms with Crippen molar-refractivity contribution < 1.29 is 19.1 Å². The Morgan fingerprint density at radius 1 is 1.03 bits per heavy atom.